The van der Waals surface area contributed by atoms with Crippen LogP contribution in [0.3, 0.4) is 0 Å². The first kappa shape index (κ1) is 12.4. The largest absolute Gasteiger partial charge is 1.00 e. The van der Waals surface area contributed by atoms with E-state index in [4.69, 9.17) is 0 Å². The first-order valence-corrected chi connectivity index (χ1v) is 5.10. The van der Waals surface area contributed by atoms with Crippen LogP contribution >= 0.6 is 0 Å². The van der Waals surface area contributed by atoms with Crippen molar-refractivity contribution in [2.45, 2.75) is 12.8 Å². The normalized spacial score (nSPS) is 14.8. The minimum absolute atomic E-state index is 0. The molecule has 3 heteroatoms. The van der Waals surface area contributed by atoms with E-state index < -0.39 is 5.92 Å². The zero-order valence-electron chi connectivity index (χ0n) is 9.72. The van der Waals surface area contributed by atoms with Crippen molar-refractivity contribution in [2.75, 3.05) is 0 Å². The summed E-state index contributed by atoms with van der Waals surface area (Å²) in [5.41, 5.74) is 2.30. The molecule has 1 aliphatic rings. The molecule has 0 N–H and O–H groups in total. The number of benzene rings is 2. The molecular weight excluding hydrogens is 213 g/mol. The van der Waals surface area contributed by atoms with Crippen molar-refractivity contribution in [1.29, 1.82) is 0 Å². The van der Waals surface area contributed by atoms with E-state index in [1.54, 1.807) is 24.3 Å². The number of hydrogen-bond acceptors (Lipinski definition) is 0. The molecular formula is C14H9F2Li. The van der Waals surface area contributed by atoms with Gasteiger partial charge in [0.2, 0.25) is 0 Å². The Labute approximate surface area is 111 Å². The zero-order chi connectivity index (χ0) is 11.3. The molecule has 0 heterocycles. The second kappa shape index (κ2) is 3.98. The maximum absolute atomic E-state index is 14.1. The molecule has 0 nitrogen and oxygen atoms in total. The van der Waals surface area contributed by atoms with Crippen LogP contribution in [0, 0.1) is 13.0 Å². The molecule has 2 aromatic carbocycles. The molecule has 0 saturated heterocycles. The summed E-state index contributed by atoms with van der Waals surface area (Å²) < 4.78 is 28.2. The Kier molecular flexibility index (Phi) is 2.89. The molecule has 0 saturated carbocycles. The number of fused-ring (bicyclic) bond motifs is 3. The molecule has 0 atom stereocenters. The summed E-state index contributed by atoms with van der Waals surface area (Å²) in [6.07, 6.45) is 0. The third-order valence-electron chi connectivity index (χ3n) is 3.01. The van der Waals surface area contributed by atoms with Crippen molar-refractivity contribution in [3.63, 3.8) is 0 Å². The minimum atomic E-state index is -2.88. The van der Waals surface area contributed by atoms with Crippen LogP contribution < -0.4 is 18.9 Å². The van der Waals surface area contributed by atoms with Gasteiger partial charge in [-0.3, -0.25) is 0 Å². The summed E-state index contributed by atoms with van der Waals surface area (Å²) in [7, 11) is 0. The Bertz CT molecular complexity index is 576. The fourth-order valence-electron chi connectivity index (χ4n) is 2.22. The van der Waals surface area contributed by atoms with Crippen LogP contribution in [-0.4, -0.2) is 0 Å². The van der Waals surface area contributed by atoms with Crippen molar-refractivity contribution in [2.24, 2.45) is 0 Å². The van der Waals surface area contributed by atoms with Crippen LogP contribution in [-0.2, 0) is 5.92 Å². The molecule has 80 valence electrons. The average Bonchev–Trinajstić information content (AvgIpc) is 2.49. The summed E-state index contributed by atoms with van der Waals surface area (Å²) >= 11 is 0. The van der Waals surface area contributed by atoms with Crippen molar-refractivity contribution in [3.05, 3.63) is 59.2 Å². The smallest absolute Gasteiger partial charge is 0.210 e. The summed E-state index contributed by atoms with van der Waals surface area (Å²) in [4.78, 5) is 0. The van der Waals surface area contributed by atoms with Crippen molar-refractivity contribution in [3.8, 4) is 11.1 Å². The molecule has 0 aliphatic heterocycles. The van der Waals surface area contributed by atoms with Gasteiger partial charge in [-0.05, 0) is 12.5 Å². The average molecular weight is 222 g/mol. The molecule has 3 rings (SSSR count). The van der Waals surface area contributed by atoms with E-state index in [2.05, 4.69) is 6.07 Å². The van der Waals surface area contributed by atoms with Crippen LogP contribution in [0.15, 0.2) is 36.4 Å². The maximum atomic E-state index is 14.1. The predicted octanol–water partition coefficient (Wildman–Crippen LogP) is 0.920. The Balaban J connectivity index is 0.00000108. The third kappa shape index (κ3) is 1.64. The molecule has 17 heavy (non-hydrogen) atoms. The van der Waals surface area contributed by atoms with Gasteiger partial charge in [-0.2, -0.15) is 24.3 Å². The Morgan fingerprint density at radius 2 is 1.76 bits per heavy atom. The number of hydrogen-bond donors (Lipinski definition) is 0. The van der Waals surface area contributed by atoms with E-state index in [0.717, 1.165) is 5.56 Å². The van der Waals surface area contributed by atoms with Gasteiger partial charge in [0.15, 0.2) is 0 Å². The van der Waals surface area contributed by atoms with Gasteiger partial charge in [0, 0.05) is 5.56 Å². The van der Waals surface area contributed by atoms with E-state index in [-0.39, 0.29) is 30.0 Å². The molecule has 0 fully saturated rings. The number of halogens is 2. The van der Waals surface area contributed by atoms with E-state index in [9.17, 15) is 8.78 Å². The van der Waals surface area contributed by atoms with E-state index in [1.807, 2.05) is 13.0 Å². The number of rotatable bonds is 0. The first-order valence-electron chi connectivity index (χ1n) is 5.10. The molecule has 0 radical (unpaired) electrons. The quantitative estimate of drug-likeness (QED) is 0.459. The van der Waals surface area contributed by atoms with Crippen molar-refractivity contribution < 1.29 is 27.6 Å². The van der Waals surface area contributed by atoms with Gasteiger partial charge in [0.25, 0.3) is 5.92 Å². The van der Waals surface area contributed by atoms with Gasteiger partial charge >= 0.3 is 18.9 Å². The van der Waals surface area contributed by atoms with Gasteiger partial charge < -0.3 is 0 Å². The molecule has 2 aromatic rings. The van der Waals surface area contributed by atoms with Gasteiger partial charge in [-0.15, -0.1) is 5.56 Å². The molecule has 0 aromatic heterocycles. The molecule has 0 amide bonds. The van der Waals surface area contributed by atoms with Crippen molar-refractivity contribution in [1.82, 2.24) is 0 Å². The van der Waals surface area contributed by atoms with Gasteiger partial charge in [-0.1, -0.05) is 29.3 Å². The second-order valence-electron chi connectivity index (χ2n) is 4.10. The van der Waals surface area contributed by atoms with Crippen LogP contribution in [0.1, 0.15) is 16.7 Å². The Morgan fingerprint density at radius 1 is 1.06 bits per heavy atom. The number of alkyl halides is 2. The summed E-state index contributed by atoms with van der Waals surface area (Å²) in [6, 6.07) is 12.7. The van der Waals surface area contributed by atoms with Gasteiger partial charge in [0.05, 0.1) is 0 Å². The van der Waals surface area contributed by atoms with Crippen LogP contribution in [0.2, 0.25) is 0 Å². The summed E-state index contributed by atoms with van der Waals surface area (Å²) in [5, 5.41) is 0. The fourth-order valence-corrected chi connectivity index (χ4v) is 2.22. The van der Waals surface area contributed by atoms with Gasteiger partial charge in [0.1, 0.15) is 0 Å². The topological polar surface area (TPSA) is 0 Å². The third-order valence-corrected chi connectivity index (χ3v) is 3.01. The molecule has 0 spiro atoms. The first-order chi connectivity index (χ1) is 7.60. The summed E-state index contributed by atoms with van der Waals surface area (Å²) in [5.74, 6) is -2.88. The number of aryl methyl sites for hydroxylation is 1. The molecule has 1 aliphatic carbocycles. The summed E-state index contributed by atoms with van der Waals surface area (Å²) in [6.45, 7) is 1.82. The minimum Gasteiger partial charge on any atom is -0.210 e. The van der Waals surface area contributed by atoms with Crippen molar-refractivity contribution >= 4 is 0 Å². The van der Waals surface area contributed by atoms with E-state index in [1.165, 1.54) is 6.07 Å². The second-order valence-corrected chi connectivity index (χ2v) is 4.10. The van der Waals surface area contributed by atoms with Crippen LogP contribution in [0.4, 0.5) is 8.78 Å². The van der Waals surface area contributed by atoms with E-state index >= 15 is 0 Å². The SMILES string of the molecule is Cc1ccc2c(c1)C(F)(F)c1c[c-]ccc1-2.[Li+]. The Hall–Kier alpha value is -1.10. The van der Waals surface area contributed by atoms with Crippen LogP contribution in [0.25, 0.3) is 11.1 Å². The standard InChI is InChI=1S/C14H9F2.Li/c1-9-6-7-11-10-4-2-3-5-12(10)14(15,16)13(11)8-9;/h2,4-8H,1H3;/q-1;+1. The zero-order valence-corrected chi connectivity index (χ0v) is 9.72. The fraction of sp³-hybridized carbons (Fsp3) is 0.143. The Morgan fingerprint density at radius 3 is 2.53 bits per heavy atom. The molecule has 0 unspecified atom stereocenters. The van der Waals surface area contributed by atoms with E-state index in [0.29, 0.717) is 11.1 Å². The predicted molar refractivity (Wildman–Crippen MR) is 58.4 cm³/mol. The molecule has 0 bridgehead atoms. The van der Waals surface area contributed by atoms with Gasteiger partial charge in [-0.25, -0.2) is 8.78 Å². The van der Waals surface area contributed by atoms with Crippen LogP contribution in [0.5, 0.6) is 0 Å². The monoisotopic (exact) mass is 222 g/mol. The maximum Gasteiger partial charge on any atom is 1.00 e.